The molecule has 6 unspecified atom stereocenters. The van der Waals surface area contributed by atoms with Gasteiger partial charge in [-0.3, -0.25) is 13.8 Å². The molecule has 1 amide bonds. The van der Waals surface area contributed by atoms with E-state index in [1.807, 2.05) is 6.92 Å². The van der Waals surface area contributed by atoms with Crippen molar-refractivity contribution in [2.45, 2.75) is 63.6 Å². The van der Waals surface area contributed by atoms with Crippen LogP contribution < -0.4 is 10.5 Å². The molecule has 1 fully saturated rings. The van der Waals surface area contributed by atoms with Crippen LogP contribution in [0.2, 0.25) is 0 Å². The lowest BCUT2D eigenvalue weighted by molar-refractivity contribution is -0.144. The summed E-state index contributed by atoms with van der Waals surface area (Å²) in [7, 11) is -4.50. The zero-order valence-electron chi connectivity index (χ0n) is 18.9. The number of rotatable bonds is 12. The number of amides is 1. The molecule has 1 aromatic rings. The summed E-state index contributed by atoms with van der Waals surface area (Å²) in [6.07, 6.45) is -4.12. The van der Waals surface area contributed by atoms with Gasteiger partial charge in [0.25, 0.3) is 5.91 Å². The summed E-state index contributed by atoms with van der Waals surface area (Å²) in [6, 6.07) is 6.14. The van der Waals surface area contributed by atoms with Crippen molar-refractivity contribution in [1.82, 2.24) is 4.72 Å². The van der Waals surface area contributed by atoms with Crippen LogP contribution in [-0.2, 0) is 40.0 Å². The zero-order valence-corrected chi connectivity index (χ0v) is 21.3. The Kier molecular flexibility index (Phi) is 10.9. The number of hydrogen-bond acceptors (Lipinski definition) is 10. The summed E-state index contributed by atoms with van der Waals surface area (Å²) in [5.74, 6) is -1.62. The molecule has 1 saturated heterocycles. The average Bonchev–Trinajstić information content (AvgIpc) is 3.06. The number of esters is 1. The van der Waals surface area contributed by atoms with E-state index in [0.717, 1.165) is 10.0 Å². The summed E-state index contributed by atoms with van der Waals surface area (Å²) in [5.41, 5.74) is 6.48. The molecule has 13 heteroatoms. The van der Waals surface area contributed by atoms with E-state index in [2.05, 4.69) is 15.9 Å². The molecular formula is C21H31BrN2O9S. The molecule has 2 rings (SSSR count). The molecule has 0 radical (unpaired) electrons. The second-order valence-corrected chi connectivity index (χ2v) is 10.4. The number of halogens is 1. The van der Waals surface area contributed by atoms with Crippen LogP contribution in [0.4, 0.5) is 0 Å². The number of aliphatic hydroxyl groups is 2. The lowest BCUT2D eigenvalue weighted by atomic mass is 10.00. The number of nitrogens with two attached hydrogens (primary N) is 1. The zero-order chi connectivity index (χ0) is 25.5. The monoisotopic (exact) mass is 566 g/mol. The summed E-state index contributed by atoms with van der Waals surface area (Å²) in [6.45, 7) is 2.81. The van der Waals surface area contributed by atoms with Gasteiger partial charge in [-0.25, -0.2) is 4.72 Å². The fraction of sp³-hybridized carbons (Fsp3) is 0.619. The second kappa shape index (κ2) is 12.9. The lowest BCUT2D eigenvalue weighted by Crippen LogP contribution is -2.47. The first-order valence-corrected chi connectivity index (χ1v) is 13.0. The third-order valence-corrected chi connectivity index (χ3v) is 6.99. The molecule has 1 aliphatic rings. The Morgan fingerprint density at radius 3 is 2.44 bits per heavy atom. The van der Waals surface area contributed by atoms with Crippen LogP contribution in [0.1, 0.15) is 32.3 Å². The first kappa shape index (κ1) is 28.6. The van der Waals surface area contributed by atoms with Gasteiger partial charge in [0, 0.05) is 10.9 Å². The van der Waals surface area contributed by atoms with Crippen LogP contribution in [0.15, 0.2) is 28.7 Å². The van der Waals surface area contributed by atoms with E-state index < -0.39 is 59.2 Å². The molecule has 0 aromatic heterocycles. The number of benzene rings is 1. The van der Waals surface area contributed by atoms with E-state index in [9.17, 15) is 28.2 Å². The first-order valence-electron chi connectivity index (χ1n) is 10.8. The summed E-state index contributed by atoms with van der Waals surface area (Å²) >= 11 is 3.31. The van der Waals surface area contributed by atoms with Crippen molar-refractivity contribution in [3.05, 3.63) is 34.3 Å². The Bertz CT molecular complexity index is 929. The van der Waals surface area contributed by atoms with Gasteiger partial charge in [-0.2, -0.15) is 8.42 Å². The van der Waals surface area contributed by atoms with Crippen molar-refractivity contribution in [2.75, 3.05) is 13.2 Å². The van der Waals surface area contributed by atoms with E-state index in [1.54, 1.807) is 35.9 Å². The van der Waals surface area contributed by atoms with Crippen molar-refractivity contribution in [3.8, 4) is 0 Å². The van der Waals surface area contributed by atoms with Crippen LogP contribution >= 0.6 is 15.9 Å². The Morgan fingerprint density at radius 1 is 1.21 bits per heavy atom. The third kappa shape index (κ3) is 8.56. The van der Waals surface area contributed by atoms with Gasteiger partial charge in [-0.1, -0.05) is 48.3 Å². The van der Waals surface area contributed by atoms with Crippen LogP contribution in [0, 0.1) is 5.92 Å². The van der Waals surface area contributed by atoms with Crippen molar-refractivity contribution >= 4 is 38.1 Å². The number of aliphatic hydroxyl groups excluding tert-OH is 2. The van der Waals surface area contributed by atoms with E-state index in [4.69, 9.17) is 19.4 Å². The molecule has 0 saturated carbocycles. The van der Waals surface area contributed by atoms with Crippen molar-refractivity contribution in [2.24, 2.45) is 11.7 Å². The third-order valence-electron chi connectivity index (χ3n) is 5.56. The number of carbonyl (C=O) groups is 2. The van der Waals surface area contributed by atoms with Gasteiger partial charge in [0.05, 0.1) is 31.8 Å². The number of carbonyl (C=O) groups excluding carboxylic acids is 2. The maximum atomic E-state index is 12.0. The minimum absolute atomic E-state index is 0.0702. The van der Waals surface area contributed by atoms with Crippen molar-refractivity contribution in [1.29, 1.82) is 0 Å². The average molecular weight is 567 g/mol. The standard InChI is InChI=1S/C21H31BrN2O9S/c1-3-12(2)18(23)21(28)24-34(29,30)32-11-16-20(27)19(26)15(33-16)8-9-31-17(25)10-13-4-6-14(22)7-5-13/h4-7,12,15-16,18-20,26-27H,3,8-11,23H2,1-2H3,(H,24,28). The van der Waals surface area contributed by atoms with Gasteiger partial charge in [0.2, 0.25) is 0 Å². The highest BCUT2D eigenvalue weighted by atomic mass is 79.9. The number of nitrogens with one attached hydrogen (secondary N) is 1. The quantitative estimate of drug-likeness (QED) is 0.255. The Hall–Kier alpha value is -1.61. The SMILES string of the molecule is CCC(C)C(N)C(=O)NS(=O)(=O)OCC1OC(CCOC(=O)Cc2ccc(Br)cc2)C(O)C1O. The molecule has 1 aliphatic heterocycles. The van der Waals surface area contributed by atoms with Gasteiger partial charge in [-0.15, -0.1) is 0 Å². The van der Waals surface area contributed by atoms with Crippen molar-refractivity contribution in [3.63, 3.8) is 0 Å². The fourth-order valence-electron chi connectivity index (χ4n) is 3.20. The Balaban J connectivity index is 1.77. The summed E-state index contributed by atoms with van der Waals surface area (Å²) in [5, 5.41) is 20.3. The molecule has 34 heavy (non-hydrogen) atoms. The molecule has 0 aliphatic carbocycles. The predicted molar refractivity (Wildman–Crippen MR) is 125 cm³/mol. The molecule has 1 aromatic carbocycles. The molecule has 0 bridgehead atoms. The van der Waals surface area contributed by atoms with Gasteiger partial charge in [0.15, 0.2) is 0 Å². The van der Waals surface area contributed by atoms with E-state index in [0.29, 0.717) is 6.42 Å². The smallest absolute Gasteiger partial charge is 0.362 e. The minimum Gasteiger partial charge on any atom is -0.465 e. The second-order valence-electron chi connectivity index (χ2n) is 8.12. The highest BCUT2D eigenvalue weighted by molar-refractivity contribution is 9.10. The highest BCUT2D eigenvalue weighted by Gasteiger charge is 2.43. The maximum absolute atomic E-state index is 12.0. The van der Waals surface area contributed by atoms with Gasteiger partial charge in [-0.05, 0) is 23.6 Å². The molecule has 0 spiro atoms. The lowest BCUT2D eigenvalue weighted by Gasteiger charge is -2.18. The summed E-state index contributed by atoms with van der Waals surface area (Å²) < 4.78 is 42.0. The molecule has 5 N–H and O–H groups in total. The largest absolute Gasteiger partial charge is 0.465 e. The number of ether oxygens (including phenoxy) is 2. The first-order chi connectivity index (χ1) is 15.9. The number of hydrogen-bond donors (Lipinski definition) is 4. The Labute approximate surface area is 207 Å². The minimum atomic E-state index is -4.50. The van der Waals surface area contributed by atoms with Gasteiger partial charge in [0.1, 0.15) is 18.3 Å². The van der Waals surface area contributed by atoms with Crippen molar-refractivity contribution < 1.29 is 41.9 Å². The normalized spacial score (nSPS) is 24.4. The van der Waals surface area contributed by atoms with Crippen LogP contribution in [0.25, 0.3) is 0 Å². The van der Waals surface area contributed by atoms with E-state index >= 15 is 0 Å². The highest BCUT2D eigenvalue weighted by Crippen LogP contribution is 2.24. The van der Waals surface area contributed by atoms with E-state index in [-0.39, 0.29) is 25.4 Å². The van der Waals surface area contributed by atoms with E-state index in [1.165, 1.54) is 0 Å². The summed E-state index contributed by atoms with van der Waals surface area (Å²) in [4.78, 5) is 23.9. The predicted octanol–water partition coefficient (Wildman–Crippen LogP) is 0.165. The fourth-order valence-corrected chi connectivity index (χ4v) is 4.22. The molecule has 11 nitrogen and oxygen atoms in total. The molecule has 6 atom stereocenters. The van der Waals surface area contributed by atoms with Crippen LogP contribution in [0.5, 0.6) is 0 Å². The maximum Gasteiger partial charge on any atom is 0.362 e. The molecular weight excluding hydrogens is 536 g/mol. The van der Waals surface area contributed by atoms with Gasteiger partial charge < -0.3 is 25.4 Å². The topological polar surface area (TPSA) is 174 Å². The molecule has 192 valence electrons. The van der Waals surface area contributed by atoms with Crippen LogP contribution in [0.3, 0.4) is 0 Å². The van der Waals surface area contributed by atoms with Crippen LogP contribution in [-0.4, -0.2) is 74.2 Å². The van der Waals surface area contributed by atoms with Gasteiger partial charge >= 0.3 is 16.3 Å². The Morgan fingerprint density at radius 2 is 1.82 bits per heavy atom. The molecule has 1 heterocycles.